The summed E-state index contributed by atoms with van der Waals surface area (Å²) >= 11 is 3.27. The fraction of sp³-hybridized carbons (Fsp3) is 0.0769. The summed E-state index contributed by atoms with van der Waals surface area (Å²) in [7, 11) is -3.90. The molecule has 8 heteroatoms. The van der Waals surface area contributed by atoms with E-state index in [9.17, 15) is 13.2 Å². The number of fused-ring (bicyclic) bond motifs is 1. The van der Waals surface area contributed by atoms with E-state index in [2.05, 4.69) is 20.9 Å². The summed E-state index contributed by atoms with van der Waals surface area (Å²) in [5, 5.41) is -0.194. The number of carbonyl (C=O) groups is 1. The van der Waals surface area contributed by atoms with E-state index in [0.29, 0.717) is 15.7 Å². The normalized spacial score (nSPS) is 16.0. The SMILES string of the molecule is Nc1cc(CN2C(=O)c3cccnc3S2(=O)=O)ccc1Br. The summed E-state index contributed by atoms with van der Waals surface area (Å²) in [5.74, 6) is -0.570. The molecule has 0 spiro atoms. The molecule has 3 rings (SSSR count). The molecule has 0 saturated carbocycles. The molecule has 1 amide bonds. The number of benzene rings is 1. The molecule has 0 bridgehead atoms. The number of nitrogens with two attached hydrogens (primary N) is 1. The maximum absolute atomic E-state index is 12.4. The number of nitrogen functional groups attached to an aromatic ring is 1. The van der Waals surface area contributed by atoms with Gasteiger partial charge in [-0.25, -0.2) is 9.29 Å². The molecule has 21 heavy (non-hydrogen) atoms. The number of rotatable bonds is 2. The Balaban J connectivity index is 2.01. The molecule has 0 radical (unpaired) electrons. The lowest BCUT2D eigenvalue weighted by Crippen LogP contribution is -2.29. The standard InChI is InChI=1S/C13H10BrN3O3S/c14-10-4-3-8(6-11(10)15)7-17-13(18)9-2-1-5-16-12(9)21(17,19)20/h1-6H,7,15H2. The van der Waals surface area contributed by atoms with Crippen molar-refractivity contribution < 1.29 is 13.2 Å². The molecule has 1 aromatic heterocycles. The van der Waals surface area contributed by atoms with E-state index in [0.717, 1.165) is 4.31 Å². The summed E-state index contributed by atoms with van der Waals surface area (Å²) in [5.41, 5.74) is 6.97. The number of anilines is 1. The molecule has 0 fully saturated rings. The van der Waals surface area contributed by atoms with Crippen LogP contribution in [0.1, 0.15) is 15.9 Å². The zero-order valence-electron chi connectivity index (χ0n) is 10.7. The van der Waals surface area contributed by atoms with Crippen LogP contribution in [0.4, 0.5) is 5.69 Å². The quantitative estimate of drug-likeness (QED) is 0.816. The molecule has 0 saturated heterocycles. The Morgan fingerprint density at radius 1 is 1.29 bits per heavy atom. The second-order valence-corrected chi connectivity index (χ2v) is 7.16. The average molecular weight is 368 g/mol. The van der Waals surface area contributed by atoms with Crippen LogP contribution in [0, 0.1) is 0 Å². The number of nitrogens with zero attached hydrogens (tertiary/aromatic N) is 2. The third-order valence-electron chi connectivity index (χ3n) is 3.15. The number of aromatic nitrogens is 1. The van der Waals surface area contributed by atoms with Crippen LogP contribution in [0.5, 0.6) is 0 Å². The number of pyridine rings is 1. The molecule has 2 aromatic rings. The van der Waals surface area contributed by atoms with Crippen LogP contribution in [-0.4, -0.2) is 23.6 Å². The molecule has 6 nitrogen and oxygen atoms in total. The zero-order valence-corrected chi connectivity index (χ0v) is 13.1. The third kappa shape index (κ3) is 2.20. The van der Waals surface area contributed by atoms with Crippen molar-refractivity contribution in [1.29, 1.82) is 0 Å². The van der Waals surface area contributed by atoms with Crippen molar-refractivity contribution in [3.8, 4) is 0 Å². The van der Waals surface area contributed by atoms with Crippen LogP contribution in [0.15, 0.2) is 46.0 Å². The van der Waals surface area contributed by atoms with Gasteiger partial charge in [0.05, 0.1) is 12.1 Å². The molecule has 0 unspecified atom stereocenters. The minimum absolute atomic E-state index is 0.0744. The van der Waals surface area contributed by atoms with E-state index in [1.165, 1.54) is 18.3 Å². The van der Waals surface area contributed by atoms with Crippen molar-refractivity contribution in [2.24, 2.45) is 0 Å². The van der Waals surface area contributed by atoms with Gasteiger partial charge in [-0.3, -0.25) is 4.79 Å². The number of sulfonamides is 1. The summed E-state index contributed by atoms with van der Waals surface area (Å²) in [6.07, 6.45) is 1.35. The average Bonchev–Trinajstić information content (AvgIpc) is 2.65. The van der Waals surface area contributed by atoms with Crippen LogP contribution in [0.25, 0.3) is 0 Å². The van der Waals surface area contributed by atoms with E-state index in [1.807, 2.05) is 0 Å². The molecular weight excluding hydrogens is 358 g/mol. The fourth-order valence-electron chi connectivity index (χ4n) is 2.12. The second-order valence-electron chi connectivity index (χ2n) is 4.53. The lowest BCUT2D eigenvalue weighted by Gasteiger charge is -2.15. The number of hydrogen-bond donors (Lipinski definition) is 1. The van der Waals surface area contributed by atoms with Crippen molar-refractivity contribution in [2.75, 3.05) is 5.73 Å². The van der Waals surface area contributed by atoms with Gasteiger partial charge in [0.1, 0.15) is 0 Å². The van der Waals surface area contributed by atoms with Crippen LogP contribution in [-0.2, 0) is 16.6 Å². The molecular formula is C13H10BrN3O3S. The Hall–Kier alpha value is -1.93. The summed E-state index contributed by atoms with van der Waals surface area (Å²) in [6, 6.07) is 8.04. The van der Waals surface area contributed by atoms with Gasteiger partial charge in [-0.15, -0.1) is 0 Å². The van der Waals surface area contributed by atoms with Gasteiger partial charge < -0.3 is 5.73 Å². The lowest BCUT2D eigenvalue weighted by molar-refractivity contribution is 0.0865. The van der Waals surface area contributed by atoms with Crippen LogP contribution < -0.4 is 5.73 Å². The van der Waals surface area contributed by atoms with Gasteiger partial charge >= 0.3 is 0 Å². The third-order valence-corrected chi connectivity index (χ3v) is 5.56. The first-order chi connectivity index (χ1) is 9.91. The first-order valence-electron chi connectivity index (χ1n) is 5.97. The maximum atomic E-state index is 12.4. The van der Waals surface area contributed by atoms with Crippen LogP contribution >= 0.6 is 15.9 Å². The number of halogens is 1. The van der Waals surface area contributed by atoms with Gasteiger partial charge in [-0.05, 0) is 45.8 Å². The van der Waals surface area contributed by atoms with Gasteiger partial charge in [0.25, 0.3) is 15.9 Å². The van der Waals surface area contributed by atoms with Gasteiger partial charge in [-0.2, -0.15) is 8.42 Å². The summed E-state index contributed by atoms with van der Waals surface area (Å²) in [6.45, 7) is -0.0744. The van der Waals surface area contributed by atoms with Crippen molar-refractivity contribution in [3.63, 3.8) is 0 Å². The van der Waals surface area contributed by atoms with Gasteiger partial charge in [0.15, 0.2) is 5.03 Å². The largest absolute Gasteiger partial charge is 0.398 e. The highest BCUT2D eigenvalue weighted by atomic mass is 79.9. The summed E-state index contributed by atoms with van der Waals surface area (Å²) < 4.78 is 26.2. The molecule has 1 aliphatic heterocycles. The minimum atomic E-state index is -3.90. The Labute approximate surface area is 129 Å². The highest BCUT2D eigenvalue weighted by molar-refractivity contribution is 9.10. The van der Waals surface area contributed by atoms with E-state index in [1.54, 1.807) is 18.2 Å². The lowest BCUT2D eigenvalue weighted by atomic mass is 10.2. The second kappa shape index (κ2) is 4.81. The molecule has 2 heterocycles. The van der Waals surface area contributed by atoms with Crippen molar-refractivity contribution >= 4 is 37.5 Å². The smallest absolute Gasteiger partial charge is 0.285 e. The molecule has 108 valence electrons. The number of hydrogen-bond acceptors (Lipinski definition) is 5. The van der Waals surface area contributed by atoms with Gasteiger partial charge in [-0.1, -0.05) is 6.07 Å². The molecule has 2 N–H and O–H groups in total. The Morgan fingerprint density at radius 3 is 2.71 bits per heavy atom. The molecule has 1 aromatic carbocycles. The number of carbonyl (C=O) groups excluding carboxylic acids is 1. The van der Waals surface area contributed by atoms with E-state index >= 15 is 0 Å². The predicted octanol–water partition coefficient (Wildman–Crippen LogP) is 1.77. The van der Waals surface area contributed by atoms with Crippen LogP contribution in [0.3, 0.4) is 0 Å². The van der Waals surface area contributed by atoms with E-state index in [4.69, 9.17) is 5.73 Å². The summed E-state index contributed by atoms with van der Waals surface area (Å²) in [4.78, 5) is 16.0. The van der Waals surface area contributed by atoms with Gasteiger partial charge in [0, 0.05) is 16.4 Å². The molecule has 0 aliphatic carbocycles. The van der Waals surface area contributed by atoms with Gasteiger partial charge in [0.2, 0.25) is 0 Å². The number of amides is 1. The van der Waals surface area contributed by atoms with Crippen molar-refractivity contribution in [3.05, 3.63) is 52.1 Å². The monoisotopic (exact) mass is 367 g/mol. The van der Waals surface area contributed by atoms with E-state index < -0.39 is 15.9 Å². The molecule has 1 aliphatic rings. The highest BCUT2D eigenvalue weighted by Gasteiger charge is 2.42. The van der Waals surface area contributed by atoms with Crippen molar-refractivity contribution in [2.45, 2.75) is 11.6 Å². The van der Waals surface area contributed by atoms with Crippen molar-refractivity contribution in [1.82, 2.24) is 9.29 Å². The Bertz CT molecular complexity index is 851. The maximum Gasteiger partial charge on any atom is 0.285 e. The highest BCUT2D eigenvalue weighted by Crippen LogP contribution is 2.30. The van der Waals surface area contributed by atoms with E-state index in [-0.39, 0.29) is 17.1 Å². The molecule has 0 atom stereocenters. The predicted molar refractivity (Wildman–Crippen MR) is 79.9 cm³/mol. The van der Waals surface area contributed by atoms with Crippen LogP contribution in [0.2, 0.25) is 0 Å². The first kappa shape index (κ1) is 14.0. The topological polar surface area (TPSA) is 93.4 Å². The first-order valence-corrected chi connectivity index (χ1v) is 8.20. The zero-order chi connectivity index (χ0) is 15.2. The Kier molecular flexibility index (Phi) is 3.22. The fourth-order valence-corrected chi connectivity index (χ4v) is 3.84. The minimum Gasteiger partial charge on any atom is -0.398 e. The Morgan fingerprint density at radius 2 is 2.05 bits per heavy atom.